The van der Waals surface area contributed by atoms with Crippen molar-refractivity contribution >= 4 is 11.8 Å². The van der Waals surface area contributed by atoms with Gasteiger partial charge in [-0.25, -0.2) is 4.39 Å². The largest absolute Gasteiger partial charge is 0.503 e. The smallest absolute Gasteiger partial charge is 0.276 e. The van der Waals surface area contributed by atoms with Gasteiger partial charge in [0.25, 0.3) is 11.8 Å². The number of amides is 2. The molecule has 2 N–H and O–H groups in total. The number of hydrogen-bond donors (Lipinski definition) is 2. The van der Waals surface area contributed by atoms with Crippen molar-refractivity contribution in [3.8, 4) is 5.75 Å². The Hall–Kier alpha value is -3.20. The second kappa shape index (κ2) is 7.19. The predicted octanol–water partition coefficient (Wildman–Crippen LogP) is 1.19. The molecular weight excluding hydrogens is 403 g/mol. The highest BCUT2D eigenvalue weighted by Crippen LogP contribution is 2.35. The molecule has 0 saturated carbocycles. The van der Waals surface area contributed by atoms with Gasteiger partial charge in [-0.05, 0) is 31.4 Å². The van der Waals surface area contributed by atoms with Crippen LogP contribution in [0.4, 0.5) is 4.39 Å². The van der Waals surface area contributed by atoms with E-state index in [1.807, 2.05) is 0 Å². The third-order valence-corrected chi connectivity index (χ3v) is 6.51. The summed E-state index contributed by atoms with van der Waals surface area (Å²) in [5.41, 5.74) is -0.195. The molecule has 8 nitrogen and oxygen atoms in total. The minimum Gasteiger partial charge on any atom is -0.503 e. The number of nitrogens with zero attached hydrogens (tertiary/aromatic N) is 3. The summed E-state index contributed by atoms with van der Waals surface area (Å²) in [6, 6.07) is 4.75. The number of halogens is 1. The molecule has 0 aliphatic carbocycles. The van der Waals surface area contributed by atoms with E-state index >= 15 is 0 Å². The minimum atomic E-state index is -0.901. The number of pyridine rings is 1. The second-order valence-electron chi connectivity index (χ2n) is 8.48. The molecule has 4 heterocycles. The van der Waals surface area contributed by atoms with Crippen LogP contribution < -0.4 is 10.7 Å². The SMILES string of the molecule is Cc1ccc(CNC(=O)c2cn3c(c(O)c2=O)C(=O)N2C(C3)N3CCC[C@H]2C3)c(F)c1. The van der Waals surface area contributed by atoms with E-state index in [-0.39, 0.29) is 41.5 Å². The molecule has 5 rings (SSSR count). The summed E-state index contributed by atoms with van der Waals surface area (Å²) in [6.07, 6.45) is 3.08. The second-order valence-corrected chi connectivity index (χ2v) is 8.48. The first-order chi connectivity index (χ1) is 14.8. The molecule has 2 unspecified atom stereocenters. The Kier molecular flexibility index (Phi) is 4.58. The van der Waals surface area contributed by atoms with Crippen molar-refractivity contribution in [3.63, 3.8) is 0 Å². The van der Waals surface area contributed by atoms with E-state index in [9.17, 15) is 23.9 Å². The zero-order valence-electron chi connectivity index (χ0n) is 17.1. The first-order valence-electron chi connectivity index (χ1n) is 10.4. The number of piperidine rings is 1. The summed E-state index contributed by atoms with van der Waals surface area (Å²) in [5.74, 6) is -2.27. The van der Waals surface area contributed by atoms with Gasteiger partial charge in [0.15, 0.2) is 11.4 Å². The fourth-order valence-corrected chi connectivity index (χ4v) is 4.95. The number of aromatic nitrogens is 1. The molecule has 3 aliphatic rings. The van der Waals surface area contributed by atoms with Crippen molar-refractivity contribution in [1.82, 2.24) is 19.7 Å². The van der Waals surface area contributed by atoms with Crippen LogP contribution in [0.15, 0.2) is 29.2 Å². The summed E-state index contributed by atoms with van der Waals surface area (Å²) < 4.78 is 15.5. The summed E-state index contributed by atoms with van der Waals surface area (Å²) in [5, 5.41) is 13.1. The van der Waals surface area contributed by atoms with Crippen molar-refractivity contribution in [1.29, 1.82) is 0 Å². The molecule has 0 radical (unpaired) electrons. The van der Waals surface area contributed by atoms with Gasteiger partial charge in [-0.15, -0.1) is 0 Å². The van der Waals surface area contributed by atoms with Crippen LogP contribution in [-0.4, -0.2) is 56.6 Å². The van der Waals surface area contributed by atoms with E-state index in [1.165, 1.54) is 16.8 Å². The van der Waals surface area contributed by atoms with Crippen LogP contribution in [0.1, 0.15) is 44.8 Å². The van der Waals surface area contributed by atoms with Crippen LogP contribution in [0.3, 0.4) is 0 Å². The number of carbonyl (C=O) groups excluding carboxylic acids is 2. The standard InChI is InChI=1S/C22H23FN4O4/c1-12-4-5-13(16(23)7-12)8-24-21(30)15-10-26-11-17-25-6-2-3-14(9-25)27(17)22(31)18(26)20(29)19(15)28/h4-5,7,10,14,17,29H,2-3,6,8-9,11H2,1H3,(H,24,30)/t14-,17?/m0/s1. The molecule has 3 atom stereocenters. The number of rotatable bonds is 3. The summed E-state index contributed by atoms with van der Waals surface area (Å²) in [4.78, 5) is 42.5. The van der Waals surface area contributed by atoms with Crippen LogP contribution in [0.5, 0.6) is 5.75 Å². The number of aromatic hydroxyl groups is 1. The van der Waals surface area contributed by atoms with Crippen LogP contribution in [0.25, 0.3) is 0 Å². The number of benzene rings is 1. The molecule has 2 aromatic rings. The Bertz CT molecular complexity index is 1160. The highest BCUT2D eigenvalue weighted by Gasteiger charge is 2.48. The van der Waals surface area contributed by atoms with Gasteiger partial charge in [0, 0.05) is 37.4 Å². The highest BCUT2D eigenvalue weighted by molar-refractivity contribution is 5.99. The lowest BCUT2D eigenvalue weighted by atomic mass is 10.1. The Morgan fingerprint density at radius 1 is 1.29 bits per heavy atom. The van der Waals surface area contributed by atoms with Gasteiger partial charge >= 0.3 is 0 Å². The van der Waals surface area contributed by atoms with E-state index in [2.05, 4.69) is 10.2 Å². The lowest BCUT2D eigenvalue weighted by Crippen LogP contribution is -2.51. The van der Waals surface area contributed by atoms with Crippen molar-refractivity contribution in [3.05, 3.63) is 62.8 Å². The number of fused-ring (bicyclic) bond motifs is 6. The topological polar surface area (TPSA) is 94.9 Å². The molecule has 2 saturated heterocycles. The minimum absolute atomic E-state index is 0.0730. The lowest BCUT2D eigenvalue weighted by Gasteiger charge is -2.36. The lowest BCUT2D eigenvalue weighted by molar-refractivity contribution is 0.0485. The maximum atomic E-state index is 14.0. The summed E-state index contributed by atoms with van der Waals surface area (Å²) in [7, 11) is 0. The van der Waals surface area contributed by atoms with E-state index < -0.39 is 22.9 Å². The molecule has 31 heavy (non-hydrogen) atoms. The van der Waals surface area contributed by atoms with Crippen LogP contribution in [-0.2, 0) is 13.1 Å². The van der Waals surface area contributed by atoms with Crippen molar-refractivity contribution in [2.45, 2.75) is 45.1 Å². The third kappa shape index (κ3) is 3.11. The average molecular weight is 426 g/mol. The van der Waals surface area contributed by atoms with E-state index in [4.69, 9.17) is 0 Å². The first-order valence-corrected chi connectivity index (χ1v) is 10.4. The Balaban J connectivity index is 1.44. The normalized spacial score (nSPS) is 24.0. The summed E-state index contributed by atoms with van der Waals surface area (Å²) >= 11 is 0. The van der Waals surface area contributed by atoms with Gasteiger partial charge in [0.05, 0.1) is 6.54 Å². The third-order valence-electron chi connectivity index (χ3n) is 6.51. The zero-order valence-corrected chi connectivity index (χ0v) is 17.1. The molecule has 1 aromatic carbocycles. The number of aryl methyl sites for hydroxylation is 1. The summed E-state index contributed by atoms with van der Waals surface area (Å²) in [6.45, 7) is 3.71. The van der Waals surface area contributed by atoms with Gasteiger partial charge in [-0.3, -0.25) is 19.3 Å². The number of carbonyl (C=O) groups is 2. The molecule has 9 heteroatoms. The molecule has 2 fully saturated rings. The van der Waals surface area contributed by atoms with Crippen LogP contribution in [0, 0.1) is 12.7 Å². The quantitative estimate of drug-likeness (QED) is 0.769. The van der Waals surface area contributed by atoms with Crippen LogP contribution >= 0.6 is 0 Å². The van der Waals surface area contributed by atoms with Crippen LogP contribution in [0.2, 0.25) is 0 Å². The van der Waals surface area contributed by atoms with Gasteiger partial charge in [-0.2, -0.15) is 0 Å². The zero-order chi connectivity index (χ0) is 21.9. The Morgan fingerprint density at radius 2 is 2.10 bits per heavy atom. The first kappa shape index (κ1) is 19.7. The Labute approximate surface area is 177 Å². The van der Waals surface area contributed by atoms with Crippen molar-refractivity contribution in [2.24, 2.45) is 0 Å². The molecule has 162 valence electrons. The number of hydrogen-bond acceptors (Lipinski definition) is 5. The molecule has 2 bridgehead atoms. The van der Waals surface area contributed by atoms with Gasteiger partial charge in [0.2, 0.25) is 5.43 Å². The van der Waals surface area contributed by atoms with E-state index in [1.54, 1.807) is 24.0 Å². The maximum Gasteiger partial charge on any atom is 0.276 e. The van der Waals surface area contributed by atoms with Gasteiger partial charge in [-0.1, -0.05) is 12.1 Å². The predicted molar refractivity (Wildman–Crippen MR) is 109 cm³/mol. The van der Waals surface area contributed by atoms with Gasteiger partial charge in [0.1, 0.15) is 17.5 Å². The molecule has 1 aromatic heterocycles. The fraction of sp³-hybridized carbons (Fsp3) is 0.409. The molecule has 3 aliphatic heterocycles. The molecule has 2 amide bonds. The average Bonchev–Trinajstić information content (AvgIpc) is 2.99. The number of nitrogens with one attached hydrogen (secondary N) is 1. The highest BCUT2D eigenvalue weighted by atomic mass is 19.1. The van der Waals surface area contributed by atoms with Gasteiger partial charge < -0.3 is 19.9 Å². The fourth-order valence-electron chi connectivity index (χ4n) is 4.95. The molecule has 0 spiro atoms. The van der Waals surface area contributed by atoms with E-state index in [0.29, 0.717) is 6.54 Å². The maximum absolute atomic E-state index is 14.0. The molecular formula is C22H23FN4O4. The Morgan fingerprint density at radius 3 is 2.87 bits per heavy atom. The van der Waals surface area contributed by atoms with E-state index in [0.717, 1.165) is 31.5 Å². The van der Waals surface area contributed by atoms with Crippen molar-refractivity contribution in [2.75, 3.05) is 13.1 Å². The monoisotopic (exact) mass is 426 g/mol. The van der Waals surface area contributed by atoms with Crippen molar-refractivity contribution < 1.29 is 19.1 Å².